The van der Waals surface area contributed by atoms with Gasteiger partial charge in [-0.05, 0) is 49.8 Å². The number of piperidine rings is 2. The van der Waals surface area contributed by atoms with Gasteiger partial charge in [0, 0.05) is 38.0 Å². The number of rotatable bonds is 3. The average Bonchev–Trinajstić information content (AvgIpc) is 3.54. The highest BCUT2D eigenvalue weighted by Crippen LogP contribution is 2.41. The topological polar surface area (TPSA) is 82.7 Å². The number of likely N-dealkylation sites (tertiary alicyclic amines) is 2. The number of aromatic nitrogens is 2. The molecule has 33 heavy (non-hydrogen) atoms. The van der Waals surface area contributed by atoms with E-state index in [1.165, 1.54) is 12.1 Å². The normalized spacial score (nSPS) is 24.8. The summed E-state index contributed by atoms with van der Waals surface area (Å²) < 4.78 is 44.6. The van der Waals surface area contributed by atoms with Crippen LogP contribution in [0, 0.1) is 0 Å². The Balaban J connectivity index is 1.38. The van der Waals surface area contributed by atoms with Gasteiger partial charge in [-0.2, -0.15) is 18.2 Å². The van der Waals surface area contributed by atoms with E-state index < -0.39 is 11.7 Å². The van der Waals surface area contributed by atoms with Crippen LogP contribution in [-0.4, -0.2) is 63.4 Å². The molecular formula is C23H27F3N4O3. The zero-order valence-corrected chi connectivity index (χ0v) is 18.2. The molecule has 2 amide bonds. The van der Waals surface area contributed by atoms with Crippen LogP contribution in [0.1, 0.15) is 72.7 Å². The Morgan fingerprint density at radius 3 is 2.27 bits per heavy atom. The number of carbonyl (C=O) groups excluding carboxylic acids is 1. The number of aliphatic hydroxyl groups excluding tert-OH is 1. The lowest BCUT2D eigenvalue weighted by molar-refractivity contribution is -0.137. The zero-order chi connectivity index (χ0) is 23.2. The Labute approximate surface area is 189 Å². The lowest BCUT2D eigenvalue weighted by Gasteiger charge is -2.40. The van der Waals surface area contributed by atoms with Crippen LogP contribution in [0.5, 0.6) is 0 Å². The first-order valence-electron chi connectivity index (χ1n) is 11.5. The van der Waals surface area contributed by atoms with Crippen LogP contribution >= 0.6 is 0 Å². The van der Waals surface area contributed by atoms with Gasteiger partial charge in [-0.1, -0.05) is 17.3 Å². The number of hydrogen-bond acceptors (Lipinski definition) is 5. The smallest absolute Gasteiger partial charge is 0.393 e. The van der Waals surface area contributed by atoms with Gasteiger partial charge in [-0.25, -0.2) is 4.79 Å². The van der Waals surface area contributed by atoms with Gasteiger partial charge >= 0.3 is 12.2 Å². The van der Waals surface area contributed by atoms with Crippen molar-refractivity contribution in [1.29, 1.82) is 0 Å². The third kappa shape index (κ3) is 4.85. The Bertz CT molecular complexity index is 982. The number of hydrogen-bond donors (Lipinski definition) is 1. The molecular weight excluding hydrogens is 437 g/mol. The summed E-state index contributed by atoms with van der Waals surface area (Å²) in [7, 11) is 0. The van der Waals surface area contributed by atoms with Crippen molar-refractivity contribution < 1.29 is 27.6 Å². The highest BCUT2D eigenvalue weighted by Gasteiger charge is 2.38. The van der Waals surface area contributed by atoms with Gasteiger partial charge < -0.3 is 19.4 Å². The Hall–Kier alpha value is -2.62. The summed E-state index contributed by atoms with van der Waals surface area (Å²) in [6.07, 6.45) is -0.994. The van der Waals surface area contributed by atoms with Gasteiger partial charge in [0.05, 0.1) is 17.6 Å². The first-order valence-corrected chi connectivity index (χ1v) is 11.5. The average molecular weight is 464 g/mol. The van der Waals surface area contributed by atoms with E-state index in [4.69, 9.17) is 4.52 Å². The molecule has 2 unspecified atom stereocenters. The van der Waals surface area contributed by atoms with E-state index in [1.807, 2.05) is 0 Å². The summed E-state index contributed by atoms with van der Waals surface area (Å²) in [5.41, 5.74) is 0.0610. The molecule has 2 saturated heterocycles. The Morgan fingerprint density at radius 1 is 0.970 bits per heavy atom. The number of benzene rings is 1. The van der Waals surface area contributed by atoms with Crippen molar-refractivity contribution in [3.8, 4) is 0 Å². The fourth-order valence-electron chi connectivity index (χ4n) is 4.80. The van der Waals surface area contributed by atoms with Crippen LogP contribution in [0.2, 0.25) is 0 Å². The van der Waals surface area contributed by atoms with Crippen molar-refractivity contribution in [2.45, 2.75) is 62.1 Å². The maximum Gasteiger partial charge on any atom is 0.416 e. The second kappa shape index (κ2) is 8.62. The second-order valence-electron chi connectivity index (χ2n) is 9.42. The minimum atomic E-state index is -4.39. The molecule has 0 radical (unpaired) electrons. The van der Waals surface area contributed by atoms with Gasteiger partial charge in [-0.3, -0.25) is 0 Å². The summed E-state index contributed by atoms with van der Waals surface area (Å²) >= 11 is 0. The monoisotopic (exact) mass is 464 g/mol. The molecule has 1 aromatic carbocycles. The molecule has 7 nitrogen and oxygen atoms in total. The fourth-order valence-corrected chi connectivity index (χ4v) is 4.80. The molecule has 2 atom stereocenters. The van der Waals surface area contributed by atoms with Crippen molar-refractivity contribution in [2.75, 3.05) is 26.2 Å². The fraction of sp³-hybridized carbons (Fsp3) is 0.609. The first kappa shape index (κ1) is 22.2. The standard InChI is InChI=1S/C23H27F3N4O3/c24-23(25,26)18-5-3-14(4-6-18)16-11-17(21-27-20(28-33-21)15-1-2-15)13-30(12-16)22(32)29-9-7-19(31)8-10-29/h3-6,15-17,19,31H,1-2,7-13H2. The summed E-state index contributed by atoms with van der Waals surface area (Å²) in [5.74, 6) is 1.19. The van der Waals surface area contributed by atoms with Crippen LogP contribution < -0.4 is 0 Å². The van der Waals surface area contributed by atoms with Crippen LogP contribution in [0.4, 0.5) is 18.0 Å². The molecule has 178 valence electrons. The van der Waals surface area contributed by atoms with E-state index in [0.717, 1.165) is 30.5 Å². The van der Waals surface area contributed by atoms with Gasteiger partial charge in [0.25, 0.3) is 0 Å². The second-order valence-corrected chi connectivity index (χ2v) is 9.42. The largest absolute Gasteiger partial charge is 0.416 e. The Kier molecular flexibility index (Phi) is 5.80. The number of aliphatic hydroxyl groups is 1. The zero-order valence-electron chi connectivity index (χ0n) is 18.2. The third-order valence-corrected chi connectivity index (χ3v) is 6.91. The van der Waals surface area contributed by atoms with E-state index in [9.17, 15) is 23.1 Å². The maximum absolute atomic E-state index is 13.3. The number of alkyl halides is 3. The van der Waals surface area contributed by atoms with Crippen LogP contribution in [-0.2, 0) is 6.18 Å². The molecule has 2 aromatic rings. The molecule has 1 N–H and O–H groups in total. The molecule has 3 heterocycles. The van der Waals surface area contributed by atoms with Gasteiger partial charge in [0.15, 0.2) is 5.82 Å². The maximum atomic E-state index is 13.3. The predicted octanol–water partition coefficient (Wildman–Crippen LogP) is 4.12. The van der Waals surface area contributed by atoms with Gasteiger partial charge in [0.2, 0.25) is 5.89 Å². The van der Waals surface area contributed by atoms with Crippen molar-refractivity contribution in [2.24, 2.45) is 0 Å². The lowest BCUT2D eigenvalue weighted by atomic mass is 9.84. The third-order valence-electron chi connectivity index (χ3n) is 6.91. The number of nitrogens with zero attached hydrogens (tertiary/aromatic N) is 4. The molecule has 2 aliphatic heterocycles. The highest BCUT2D eigenvalue weighted by atomic mass is 19.4. The van der Waals surface area contributed by atoms with E-state index in [0.29, 0.717) is 63.1 Å². The molecule has 1 saturated carbocycles. The molecule has 0 bridgehead atoms. The number of carbonyl (C=O) groups is 1. The molecule has 3 fully saturated rings. The number of halogens is 3. The minimum absolute atomic E-state index is 0.120. The number of amides is 2. The summed E-state index contributed by atoms with van der Waals surface area (Å²) in [6, 6.07) is 5.06. The first-order chi connectivity index (χ1) is 15.8. The van der Waals surface area contributed by atoms with Gasteiger partial charge in [0.1, 0.15) is 0 Å². The molecule has 5 rings (SSSR count). The van der Waals surface area contributed by atoms with Crippen LogP contribution in [0.3, 0.4) is 0 Å². The molecule has 10 heteroatoms. The van der Waals surface area contributed by atoms with Gasteiger partial charge in [-0.15, -0.1) is 0 Å². The van der Waals surface area contributed by atoms with Crippen molar-refractivity contribution >= 4 is 6.03 Å². The summed E-state index contributed by atoms with van der Waals surface area (Å²) in [4.78, 5) is 21.3. The molecule has 1 aliphatic carbocycles. The molecule has 0 spiro atoms. The summed E-state index contributed by atoms with van der Waals surface area (Å²) in [6.45, 7) is 1.79. The Morgan fingerprint density at radius 2 is 1.64 bits per heavy atom. The highest BCUT2D eigenvalue weighted by molar-refractivity contribution is 5.75. The van der Waals surface area contributed by atoms with Crippen molar-refractivity contribution in [3.05, 3.63) is 47.1 Å². The van der Waals surface area contributed by atoms with E-state index in [2.05, 4.69) is 10.1 Å². The molecule has 3 aliphatic rings. The van der Waals surface area contributed by atoms with Crippen LogP contribution in [0.25, 0.3) is 0 Å². The summed E-state index contributed by atoms with van der Waals surface area (Å²) in [5, 5.41) is 13.9. The van der Waals surface area contributed by atoms with Crippen molar-refractivity contribution in [1.82, 2.24) is 19.9 Å². The quantitative estimate of drug-likeness (QED) is 0.739. The van der Waals surface area contributed by atoms with Crippen LogP contribution in [0.15, 0.2) is 28.8 Å². The lowest BCUT2D eigenvalue weighted by Crippen LogP contribution is -2.51. The van der Waals surface area contributed by atoms with Crippen molar-refractivity contribution in [3.63, 3.8) is 0 Å². The minimum Gasteiger partial charge on any atom is -0.393 e. The number of urea groups is 1. The van der Waals surface area contributed by atoms with E-state index in [-0.39, 0.29) is 24.0 Å². The van der Waals surface area contributed by atoms with E-state index >= 15 is 0 Å². The molecule has 1 aromatic heterocycles. The van der Waals surface area contributed by atoms with E-state index in [1.54, 1.807) is 9.80 Å². The SMILES string of the molecule is O=C(N1CCC(O)CC1)N1CC(c2ccc(C(F)(F)F)cc2)CC(c2nc(C3CC3)no2)C1. The predicted molar refractivity (Wildman–Crippen MR) is 112 cm³/mol.